The molecule has 0 atom stereocenters. The van der Waals surface area contributed by atoms with E-state index < -0.39 is 10.0 Å². The molecule has 4 aromatic rings. The summed E-state index contributed by atoms with van der Waals surface area (Å²) in [6.07, 6.45) is 3.92. The van der Waals surface area contributed by atoms with Crippen molar-refractivity contribution in [1.82, 2.24) is 24.8 Å². The smallest absolute Gasteiger partial charge is 0.263 e. The quantitative estimate of drug-likeness (QED) is 0.259. The number of hydrogen-bond acceptors (Lipinski definition) is 11. The lowest BCUT2D eigenvalue weighted by molar-refractivity contribution is 0.145. The molecule has 3 heterocycles. The van der Waals surface area contributed by atoms with Crippen LogP contribution in [0.5, 0.6) is 11.5 Å². The zero-order valence-electron chi connectivity index (χ0n) is 21.8. The molecule has 0 saturated carbocycles. The number of nitrogens with zero attached hydrogens (tertiary/aromatic N) is 5. The van der Waals surface area contributed by atoms with Gasteiger partial charge in [0.1, 0.15) is 12.1 Å². The molecular formula is C26H31N7O4S2. The number of fused-ring (bicyclic) bond motifs is 1. The van der Waals surface area contributed by atoms with E-state index in [-0.39, 0.29) is 4.90 Å². The van der Waals surface area contributed by atoms with Crippen molar-refractivity contribution in [3.63, 3.8) is 0 Å². The average Bonchev–Trinajstić information content (AvgIpc) is 3.44. The number of rotatable bonds is 11. The Kier molecular flexibility index (Phi) is 8.41. The van der Waals surface area contributed by atoms with Gasteiger partial charge in [-0.2, -0.15) is 0 Å². The summed E-state index contributed by atoms with van der Waals surface area (Å²) >= 11 is 1.22. The maximum atomic E-state index is 12.6. The van der Waals surface area contributed by atoms with Crippen LogP contribution < -0.4 is 19.5 Å². The van der Waals surface area contributed by atoms with E-state index >= 15 is 0 Å². The number of likely N-dealkylation sites (N-methyl/N-ethyl adjacent to an activating group) is 1. The first kappa shape index (κ1) is 27.1. The fourth-order valence-electron chi connectivity index (χ4n) is 4.28. The minimum atomic E-state index is -3.73. The van der Waals surface area contributed by atoms with Crippen LogP contribution in [0.25, 0.3) is 10.9 Å². The predicted molar refractivity (Wildman–Crippen MR) is 153 cm³/mol. The lowest BCUT2D eigenvalue weighted by atomic mass is 10.2. The third-order valence-electron chi connectivity index (χ3n) is 6.47. The summed E-state index contributed by atoms with van der Waals surface area (Å²) in [5.41, 5.74) is 1.37. The van der Waals surface area contributed by atoms with E-state index in [2.05, 4.69) is 41.8 Å². The summed E-state index contributed by atoms with van der Waals surface area (Å²) in [6, 6.07) is 10.1. The number of hydrogen-bond donors (Lipinski definition) is 2. The molecular weight excluding hydrogens is 538 g/mol. The van der Waals surface area contributed by atoms with Crippen molar-refractivity contribution in [3.8, 4) is 11.5 Å². The molecule has 2 N–H and O–H groups in total. The van der Waals surface area contributed by atoms with Crippen LogP contribution in [0.15, 0.2) is 59.2 Å². The lowest BCUT2D eigenvalue weighted by Crippen LogP contribution is -2.44. The van der Waals surface area contributed by atoms with Crippen LogP contribution in [0.2, 0.25) is 0 Å². The number of benzene rings is 2. The Labute approximate surface area is 231 Å². The first-order valence-corrected chi connectivity index (χ1v) is 14.9. The van der Waals surface area contributed by atoms with Crippen LogP contribution in [0.3, 0.4) is 0 Å². The van der Waals surface area contributed by atoms with Crippen molar-refractivity contribution in [1.29, 1.82) is 0 Å². The van der Waals surface area contributed by atoms with Gasteiger partial charge in [0.05, 0.1) is 24.1 Å². The first-order chi connectivity index (χ1) is 18.9. The lowest BCUT2D eigenvalue weighted by Gasteiger charge is -2.32. The highest BCUT2D eigenvalue weighted by Gasteiger charge is 2.17. The zero-order valence-corrected chi connectivity index (χ0v) is 23.5. The van der Waals surface area contributed by atoms with Crippen LogP contribution in [-0.2, 0) is 10.0 Å². The topological polar surface area (TPSA) is 122 Å². The molecule has 0 unspecified atom stereocenters. The van der Waals surface area contributed by atoms with Crippen LogP contribution in [0.1, 0.15) is 6.42 Å². The van der Waals surface area contributed by atoms with Gasteiger partial charge in [-0.05, 0) is 43.8 Å². The van der Waals surface area contributed by atoms with E-state index in [9.17, 15) is 8.42 Å². The second kappa shape index (κ2) is 12.1. The Morgan fingerprint density at radius 1 is 1.03 bits per heavy atom. The Balaban J connectivity index is 1.28. The molecule has 1 saturated heterocycles. The van der Waals surface area contributed by atoms with E-state index in [1.54, 1.807) is 30.8 Å². The van der Waals surface area contributed by atoms with Gasteiger partial charge in [0.15, 0.2) is 16.6 Å². The highest BCUT2D eigenvalue weighted by Crippen LogP contribution is 2.35. The van der Waals surface area contributed by atoms with Gasteiger partial charge < -0.3 is 24.6 Å². The van der Waals surface area contributed by atoms with Crippen LogP contribution in [0.4, 0.5) is 16.6 Å². The van der Waals surface area contributed by atoms with Crippen LogP contribution in [-0.4, -0.2) is 86.7 Å². The molecule has 0 amide bonds. The number of anilines is 3. The van der Waals surface area contributed by atoms with Crippen LogP contribution in [0, 0.1) is 0 Å². The van der Waals surface area contributed by atoms with Gasteiger partial charge in [0, 0.05) is 61.4 Å². The van der Waals surface area contributed by atoms with Crippen molar-refractivity contribution in [2.75, 3.05) is 63.5 Å². The molecule has 206 valence electrons. The SMILES string of the molecule is COc1cc2ncnc(Nc3ccc(S(=O)(=O)Nc4nccs4)cc3)c2cc1OCCCN1CCN(C)CC1. The maximum absolute atomic E-state index is 12.6. The number of thiazole rings is 1. The molecule has 11 nitrogen and oxygen atoms in total. The second-order valence-electron chi connectivity index (χ2n) is 9.18. The maximum Gasteiger partial charge on any atom is 0.263 e. The molecule has 1 aliphatic heterocycles. The molecule has 1 aliphatic rings. The summed E-state index contributed by atoms with van der Waals surface area (Å²) in [4.78, 5) is 17.7. The van der Waals surface area contributed by atoms with Crippen molar-refractivity contribution in [2.24, 2.45) is 0 Å². The number of sulfonamides is 1. The molecule has 2 aromatic heterocycles. The summed E-state index contributed by atoms with van der Waals surface area (Å²) in [7, 11) is 0.0303. The van der Waals surface area contributed by atoms with Crippen molar-refractivity contribution >= 4 is 48.9 Å². The molecule has 0 bridgehead atoms. The molecule has 2 aromatic carbocycles. The largest absolute Gasteiger partial charge is 0.493 e. The summed E-state index contributed by atoms with van der Waals surface area (Å²) in [6.45, 7) is 5.91. The molecule has 1 fully saturated rings. The standard InChI is InChI=1S/C26H31N7O4S2/c1-32-10-12-33(13-11-32)9-3-14-37-24-16-21-22(17-23(24)36-2)28-18-29-25(21)30-19-4-6-20(7-5-19)39(34,35)31-26-27-8-15-38-26/h4-8,15-18H,3,9-14H2,1-2H3,(H,27,31)(H,28,29,30). The number of aromatic nitrogens is 3. The first-order valence-electron chi connectivity index (χ1n) is 12.6. The van der Waals surface area contributed by atoms with Gasteiger partial charge >= 0.3 is 0 Å². The Hall–Kier alpha value is -3.52. The molecule has 0 spiro atoms. The molecule has 0 radical (unpaired) electrons. The van der Waals surface area contributed by atoms with E-state index in [0.29, 0.717) is 40.3 Å². The highest BCUT2D eigenvalue weighted by atomic mass is 32.2. The molecule has 5 rings (SSSR count). The third kappa shape index (κ3) is 6.74. The minimum Gasteiger partial charge on any atom is -0.493 e. The van der Waals surface area contributed by atoms with Gasteiger partial charge in [-0.1, -0.05) is 0 Å². The van der Waals surface area contributed by atoms with Gasteiger partial charge in [0.2, 0.25) is 0 Å². The predicted octanol–water partition coefficient (Wildman–Crippen LogP) is 3.66. The average molecular weight is 570 g/mol. The molecule has 0 aliphatic carbocycles. The summed E-state index contributed by atoms with van der Waals surface area (Å²) in [5.74, 6) is 1.80. The summed E-state index contributed by atoms with van der Waals surface area (Å²) in [5, 5.41) is 6.05. The Morgan fingerprint density at radius 2 is 1.82 bits per heavy atom. The van der Waals surface area contributed by atoms with Crippen molar-refractivity contribution in [3.05, 3.63) is 54.3 Å². The van der Waals surface area contributed by atoms with Gasteiger partial charge in [-0.25, -0.2) is 23.4 Å². The Morgan fingerprint density at radius 3 is 2.54 bits per heavy atom. The van der Waals surface area contributed by atoms with E-state index in [1.165, 1.54) is 29.8 Å². The molecule has 13 heteroatoms. The van der Waals surface area contributed by atoms with Gasteiger partial charge in [0.25, 0.3) is 10.0 Å². The number of ether oxygens (including phenoxy) is 2. The number of methoxy groups -OCH3 is 1. The number of piperazine rings is 1. The van der Waals surface area contributed by atoms with Gasteiger partial charge in [-0.15, -0.1) is 11.3 Å². The molecule has 39 heavy (non-hydrogen) atoms. The normalized spacial score (nSPS) is 14.8. The van der Waals surface area contributed by atoms with Crippen molar-refractivity contribution in [2.45, 2.75) is 11.3 Å². The minimum absolute atomic E-state index is 0.132. The number of nitrogens with one attached hydrogen (secondary N) is 2. The second-order valence-corrected chi connectivity index (χ2v) is 11.8. The zero-order chi connectivity index (χ0) is 27.2. The third-order valence-corrected chi connectivity index (χ3v) is 8.65. The summed E-state index contributed by atoms with van der Waals surface area (Å²) < 4.78 is 39.4. The fourth-order valence-corrected chi connectivity index (χ4v) is 6.07. The van der Waals surface area contributed by atoms with E-state index in [1.807, 2.05) is 12.1 Å². The Bertz CT molecular complexity index is 1490. The van der Waals surface area contributed by atoms with Crippen molar-refractivity contribution < 1.29 is 17.9 Å². The fraction of sp³-hybridized carbons (Fsp3) is 0.346. The monoisotopic (exact) mass is 569 g/mol. The van der Waals surface area contributed by atoms with Gasteiger partial charge in [-0.3, -0.25) is 4.72 Å². The van der Waals surface area contributed by atoms with E-state index in [4.69, 9.17) is 9.47 Å². The van der Waals surface area contributed by atoms with E-state index in [0.717, 1.165) is 44.5 Å². The highest BCUT2D eigenvalue weighted by molar-refractivity contribution is 7.93. The van der Waals surface area contributed by atoms with Crippen LogP contribution >= 0.6 is 11.3 Å².